The number of rotatable bonds is 8. The smallest absolute Gasteiger partial charge is 0.344 e. The number of nitrogens with zero attached hydrogens (tertiary/aromatic N) is 2. The largest absolute Gasteiger partial charge is 0.502 e. The van der Waals surface area contributed by atoms with Crippen LogP contribution in [0.4, 0.5) is 5.88 Å². The van der Waals surface area contributed by atoms with Gasteiger partial charge in [0.2, 0.25) is 17.4 Å². The zero-order valence-corrected chi connectivity index (χ0v) is 17.1. The number of ether oxygens (including phenoxy) is 2. The van der Waals surface area contributed by atoms with Crippen molar-refractivity contribution in [3.05, 3.63) is 17.3 Å². The number of carbonyl (C=O) groups is 2. The SMILES string of the molecule is O=C(O)C(OCc1oc(N2CNC3=C(N[C@H]4CCOC4)N=C(Cl)N[C@@H]32)c(O)c1O)C(=O)O. The molecule has 0 saturated carbocycles. The van der Waals surface area contributed by atoms with Crippen LogP contribution in [-0.4, -0.2) is 75.9 Å². The number of aliphatic imine (C=N–C) groups is 1. The Hall–Kier alpha value is -3.36. The summed E-state index contributed by atoms with van der Waals surface area (Å²) < 4.78 is 15.6. The first-order valence-corrected chi connectivity index (χ1v) is 9.84. The average molecular weight is 474 g/mol. The predicted molar refractivity (Wildman–Crippen MR) is 106 cm³/mol. The van der Waals surface area contributed by atoms with Gasteiger partial charge < -0.3 is 50.3 Å². The molecule has 174 valence electrons. The van der Waals surface area contributed by atoms with Crippen LogP contribution in [0.2, 0.25) is 0 Å². The van der Waals surface area contributed by atoms with Gasteiger partial charge in [0.25, 0.3) is 6.10 Å². The maximum atomic E-state index is 11.0. The normalized spacial score (nSPS) is 22.4. The molecule has 2 atom stereocenters. The average Bonchev–Trinajstić information content (AvgIpc) is 3.44. The molecule has 15 heteroatoms. The Bertz CT molecular complexity index is 973. The van der Waals surface area contributed by atoms with Gasteiger partial charge in [0, 0.05) is 6.61 Å². The summed E-state index contributed by atoms with van der Waals surface area (Å²) in [7, 11) is 0. The second-order valence-electron chi connectivity index (χ2n) is 7.12. The summed E-state index contributed by atoms with van der Waals surface area (Å²) in [4.78, 5) is 27.7. The third-order valence-corrected chi connectivity index (χ3v) is 5.21. The molecule has 32 heavy (non-hydrogen) atoms. The lowest BCUT2D eigenvalue weighted by atomic mass is 10.2. The highest BCUT2D eigenvalue weighted by Gasteiger charge is 2.40. The summed E-state index contributed by atoms with van der Waals surface area (Å²) in [6.45, 7) is 0.581. The first-order valence-electron chi connectivity index (χ1n) is 9.46. The van der Waals surface area contributed by atoms with E-state index in [0.29, 0.717) is 24.7 Å². The van der Waals surface area contributed by atoms with Gasteiger partial charge in [-0.05, 0) is 18.0 Å². The van der Waals surface area contributed by atoms with Gasteiger partial charge in [-0.25, -0.2) is 14.6 Å². The zero-order chi connectivity index (χ0) is 23.0. The van der Waals surface area contributed by atoms with E-state index in [0.717, 1.165) is 6.42 Å². The topological polar surface area (TPSA) is 198 Å². The minimum Gasteiger partial charge on any atom is -0.502 e. The number of aliphatic carboxylic acids is 2. The fourth-order valence-corrected chi connectivity index (χ4v) is 3.66. The van der Waals surface area contributed by atoms with Crippen LogP contribution in [0.15, 0.2) is 20.9 Å². The second-order valence-corrected chi connectivity index (χ2v) is 7.47. The van der Waals surface area contributed by atoms with Crippen molar-refractivity contribution in [2.45, 2.75) is 31.3 Å². The van der Waals surface area contributed by atoms with E-state index in [1.54, 1.807) is 0 Å². The summed E-state index contributed by atoms with van der Waals surface area (Å²) in [6, 6.07) is 0.0570. The summed E-state index contributed by atoms with van der Waals surface area (Å²) in [5.41, 5.74) is 0.617. The first-order chi connectivity index (χ1) is 15.3. The summed E-state index contributed by atoms with van der Waals surface area (Å²) in [6.07, 6.45) is -2.01. The molecule has 1 aromatic heterocycles. The minimum absolute atomic E-state index is 0.0570. The fraction of sp³-hybridized carbons (Fsp3) is 0.471. The molecule has 0 aromatic carbocycles. The number of anilines is 1. The van der Waals surface area contributed by atoms with Gasteiger partial charge in [0.1, 0.15) is 12.8 Å². The first kappa shape index (κ1) is 21.9. The van der Waals surface area contributed by atoms with Gasteiger partial charge in [-0.3, -0.25) is 4.90 Å². The van der Waals surface area contributed by atoms with Crippen molar-refractivity contribution < 1.29 is 43.9 Å². The lowest BCUT2D eigenvalue weighted by molar-refractivity contribution is -0.167. The number of nitrogens with one attached hydrogen (secondary N) is 3. The fourth-order valence-electron chi connectivity index (χ4n) is 3.47. The van der Waals surface area contributed by atoms with Crippen molar-refractivity contribution in [3.8, 4) is 11.5 Å². The third kappa shape index (κ3) is 4.06. The van der Waals surface area contributed by atoms with Crippen LogP contribution >= 0.6 is 11.6 Å². The van der Waals surface area contributed by atoms with Crippen molar-refractivity contribution in [2.24, 2.45) is 4.99 Å². The van der Waals surface area contributed by atoms with Crippen LogP contribution in [0.5, 0.6) is 11.5 Å². The third-order valence-electron chi connectivity index (χ3n) is 5.02. The van der Waals surface area contributed by atoms with E-state index in [1.807, 2.05) is 0 Å². The van der Waals surface area contributed by atoms with E-state index in [-0.39, 0.29) is 29.6 Å². The highest BCUT2D eigenvalue weighted by molar-refractivity contribution is 6.65. The Morgan fingerprint density at radius 2 is 2.06 bits per heavy atom. The molecule has 14 nitrogen and oxygen atoms in total. The molecule has 3 aliphatic rings. The van der Waals surface area contributed by atoms with Crippen molar-refractivity contribution in [2.75, 3.05) is 24.8 Å². The van der Waals surface area contributed by atoms with Gasteiger partial charge in [0.15, 0.2) is 16.9 Å². The molecule has 3 aliphatic heterocycles. The molecule has 2 fully saturated rings. The van der Waals surface area contributed by atoms with E-state index in [2.05, 4.69) is 20.9 Å². The van der Waals surface area contributed by atoms with Crippen molar-refractivity contribution in [1.29, 1.82) is 0 Å². The lowest BCUT2D eigenvalue weighted by Gasteiger charge is -2.28. The van der Waals surface area contributed by atoms with Crippen LogP contribution in [0, 0.1) is 0 Å². The van der Waals surface area contributed by atoms with E-state index in [1.165, 1.54) is 4.90 Å². The van der Waals surface area contributed by atoms with Crippen molar-refractivity contribution >= 4 is 34.7 Å². The number of aromatic hydroxyl groups is 2. The molecule has 7 N–H and O–H groups in total. The van der Waals surface area contributed by atoms with Gasteiger partial charge in [-0.1, -0.05) is 0 Å². The van der Waals surface area contributed by atoms with E-state index < -0.39 is 42.3 Å². The van der Waals surface area contributed by atoms with Gasteiger partial charge in [0.05, 0.1) is 25.0 Å². The molecular formula is C17H20ClN5O9. The Morgan fingerprint density at radius 3 is 2.72 bits per heavy atom. The molecule has 0 unspecified atom stereocenters. The number of amidine groups is 1. The number of carboxylic acids is 2. The maximum Gasteiger partial charge on any atom is 0.344 e. The molecule has 4 rings (SSSR count). The molecule has 1 aromatic rings. The molecule has 0 radical (unpaired) electrons. The standard InChI is InChI=1S/C17H20ClN5O9/c18-17-21-12(20-6-1-2-30-3-6)8-13(22-17)23(5-19-8)14-10(25)9(24)7(32-14)4-31-11(15(26)27)16(28)29/h6,11,13,19-20,24-25H,1-5H2,(H,21,22)(H,26,27)(H,28,29)/t6-,13+/m0/s1. The maximum absolute atomic E-state index is 11.0. The molecule has 0 bridgehead atoms. The number of hydrogen-bond acceptors (Lipinski definition) is 12. The Balaban J connectivity index is 1.55. The second kappa shape index (κ2) is 8.64. The summed E-state index contributed by atoms with van der Waals surface area (Å²) in [5.74, 6) is -4.81. The van der Waals surface area contributed by atoms with Crippen LogP contribution in [0.25, 0.3) is 0 Å². The molecule has 4 heterocycles. The Morgan fingerprint density at radius 1 is 1.31 bits per heavy atom. The molecule has 0 aliphatic carbocycles. The zero-order valence-electron chi connectivity index (χ0n) is 16.4. The lowest BCUT2D eigenvalue weighted by Crippen LogP contribution is -2.47. The van der Waals surface area contributed by atoms with E-state index in [9.17, 15) is 19.8 Å². The van der Waals surface area contributed by atoms with E-state index >= 15 is 0 Å². The van der Waals surface area contributed by atoms with E-state index in [4.69, 9.17) is 35.7 Å². The van der Waals surface area contributed by atoms with Gasteiger partial charge >= 0.3 is 11.9 Å². The highest BCUT2D eigenvalue weighted by Crippen LogP contribution is 2.44. The molecule has 2 saturated heterocycles. The van der Waals surface area contributed by atoms with Crippen molar-refractivity contribution in [3.63, 3.8) is 0 Å². The molecule has 0 spiro atoms. The highest BCUT2D eigenvalue weighted by atomic mass is 35.5. The minimum atomic E-state index is -2.17. The van der Waals surface area contributed by atoms with Crippen molar-refractivity contribution in [1.82, 2.24) is 16.0 Å². The van der Waals surface area contributed by atoms with Crippen LogP contribution in [0.3, 0.4) is 0 Å². The summed E-state index contributed by atoms with van der Waals surface area (Å²) >= 11 is 6.14. The predicted octanol–water partition coefficient (Wildman–Crippen LogP) is -0.816. The number of carboxylic acid groups (broad SMARTS) is 2. The number of fused-ring (bicyclic) bond motifs is 1. The molecular weight excluding hydrogens is 454 g/mol. The van der Waals surface area contributed by atoms with Crippen LogP contribution in [-0.2, 0) is 25.7 Å². The van der Waals surface area contributed by atoms with Gasteiger partial charge in [-0.15, -0.1) is 0 Å². The van der Waals surface area contributed by atoms with Crippen LogP contribution < -0.4 is 20.9 Å². The monoisotopic (exact) mass is 473 g/mol. The number of furan rings is 1. The Labute approximate surface area is 185 Å². The quantitative estimate of drug-likeness (QED) is 0.183. The Kier molecular flexibility index (Phi) is 5.90. The molecule has 0 amide bonds. The van der Waals surface area contributed by atoms with Crippen LogP contribution in [0.1, 0.15) is 12.2 Å². The number of halogens is 1. The summed E-state index contributed by atoms with van der Waals surface area (Å²) in [5, 5.41) is 47.7. The number of hydrogen-bond donors (Lipinski definition) is 7. The van der Waals surface area contributed by atoms with Gasteiger partial charge in [-0.2, -0.15) is 0 Å².